The summed E-state index contributed by atoms with van der Waals surface area (Å²) in [5.74, 6) is 0.122. The minimum atomic E-state index is -0.725. The molecule has 2 heterocycles. The van der Waals surface area contributed by atoms with Crippen LogP contribution in [-0.4, -0.2) is 34.0 Å². The molecule has 0 spiro atoms. The van der Waals surface area contributed by atoms with Gasteiger partial charge in [0, 0.05) is 4.88 Å². The van der Waals surface area contributed by atoms with Crippen LogP contribution in [0.25, 0.3) is 0 Å². The third-order valence-corrected chi connectivity index (χ3v) is 5.25. The van der Waals surface area contributed by atoms with E-state index in [1.807, 2.05) is 0 Å². The number of piperidine rings is 1. The summed E-state index contributed by atoms with van der Waals surface area (Å²) in [5.41, 5.74) is 1.13. The summed E-state index contributed by atoms with van der Waals surface area (Å²) in [6.45, 7) is 7.72. The lowest BCUT2D eigenvalue weighted by molar-refractivity contribution is -0.136. The summed E-state index contributed by atoms with van der Waals surface area (Å²) < 4.78 is 0. The molecular formula is C16H26N2O2S. The average Bonchev–Trinajstić information content (AvgIpc) is 2.81. The van der Waals surface area contributed by atoms with Crippen LogP contribution in [0.3, 0.4) is 0 Å². The molecule has 1 aliphatic heterocycles. The predicted molar refractivity (Wildman–Crippen MR) is 85.7 cm³/mol. The molecule has 0 atom stereocenters. The Morgan fingerprint density at radius 1 is 1.38 bits per heavy atom. The molecule has 5 heteroatoms. The van der Waals surface area contributed by atoms with Gasteiger partial charge in [0.25, 0.3) is 0 Å². The summed E-state index contributed by atoms with van der Waals surface area (Å²) in [5, 5.41) is 10.0. The maximum absolute atomic E-state index is 10.8. The number of thiazole rings is 1. The van der Waals surface area contributed by atoms with Gasteiger partial charge in [0.2, 0.25) is 0 Å². The number of carboxylic acid groups (broad SMARTS) is 1. The highest BCUT2D eigenvalue weighted by Gasteiger charge is 2.18. The zero-order chi connectivity index (χ0) is 15.2. The normalized spacial score (nSPS) is 17.2. The Balaban J connectivity index is 1.98. The molecule has 1 saturated heterocycles. The highest BCUT2D eigenvalue weighted by Crippen LogP contribution is 2.25. The van der Waals surface area contributed by atoms with Crippen molar-refractivity contribution in [2.45, 2.75) is 58.9 Å². The van der Waals surface area contributed by atoms with Gasteiger partial charge in [0.05, 0.1) is 18.7 Å². The Morgan fingerprint density at radius 3 is 2.71 bits per heavy atom. The molecule has 1 fully saturated rings. The van der Waals surface area contributed by atoms with Crippen LogP contribution in [0.5, 0.6) is 0 Å². The molecule has 1 aromatic rings. The second-order valence-corrected chi connectivity index (χ2v) is 7.25. The summed E-state index contributed by atoms with van der Waals surface area (Å²) in [6, 6.07) is 0. The third-order valence-electron chi connectivity index (χ3n) is 4.11. The number of aromatic nitrogens is 1. The summed E-state index contributed by atoms with van der Waals surface area (Å²) in [6.07, 6.45) is 5.41. The smallest absolute Gasteiger partial charge is 0.303 e. The molecule has 0 aliphatic carbocycles. The average molecular weight is 310 g/mol. The van der Waals surface area contributed by atoms with Crippen LogP contribution in [-0.2, 0) is 24.2 Å². The van der Waals surface area contributed by atoms with Crippen LogP contribution in [0.2, 0.25) is 0 Å². The van der Waals surface area contributed by atoms with Gasteiger partial charge in [0.1, 0.15) is 5.01 Å². The first-order chi connectivity index (χ1) is 10.1. The molecule has 2 rings (SSSR count). The van der Waals surface area contributed by atoms with E-state index in [2.05, 4.69) is 18.7 Å². The summed E-state index contributed by atoms with van der Waals surface area (Å²) in [4.78, 5) is 19.2. The van der Waals surface area contributed by atoms with E-state index in [9.17, 15) is 4.79 Å². The Labute approximate surface area is 131 Å². The maximum atomic E-state index is 10.8. The van der Waals surface area contributed by atoms with Crippen molar-refractivity contribution in [3.63, 3.8) is 0 Å². The molecule has 21 heavy (non-hydrogen) atoms. The Kier molecular flexibility index (Phi) is 6.18. The number of nitrogens with zero attached hydrogens (tertiary/aromatic N) is 2. The fourth-order valence-electron chi connectivity index (χ4n) is 2.76. The number of aliphatic carboxylic acids is 1. The molecule has 1 aliphatic rings. The van der Waals surface area contributed by atoms with Crippen LogP contribution in [0, 0.1) is 5.92 Å². The maximum Gasteiger partial charge on any atom is 0.303 e. The molecule has 118 valence electrons. The van der Waals surface area contributed by atoms with Crippen molar-refractivity contribution in [3.8, 4) is 0 Å². The fraction of sp³-hybridized carbons (Fsp3) is 0.750. The van der Waals surface area contributed by atoms with Crippen molar-refractivity contribution in [1.29, 1.82) is 0 Å². The lowest BCUT2D eigenvalue weighted by Gasteiger charge is -2.29. The highest BCUT2D eigenvalue weighted by atomic mass is 32.1. The van der Waals surface area contributed by atoms with Crippen LogP contribution in [0.15, 0.2) is 0 Å². The second kappa shape index (κ2) is 7.90. The van der Waals surface area contributed by atoms with Crippen LogP contribution < -0.4 is 0 Å². The van der Waals surface area contributed by atoms with Crippen molar-refractivity contribution < 1.29 is 9.90 Å². The van der Waals surface area contributed by atoms with Gasteiger partial charge in [0.15, 0.2) is 0 Å². The van der Waals surface area contributed by atoms with Gasteiger partial charge >= 0.3 is 5.97 Å². The van der Waals surface area contributed by atoms with Gasteiger partial charge < -0.3 is 5.11 Å². The van der Waals surface area contributed by atoms with E-state index in [-0.39, 0.29) is 6.42 Å². The van der Waals surface area contributed by atoms with Gasteiger partial charge in [-0.15, -0.1) is 11.3 Å². The standard InChI is InChI=1S/C16H26N2O2S/c1-3-4-13-14(5-6-16(19)20)21-15(17-13)11-18-9-7-12(2)8-10-18/h12H,3-11H2,1-2H3,(H,19,20). The molecular weight excluding hydrogens is 284 g/mol. The zero-order valence-electron chi connectivity index (χ0n) is 13.1. The van der Waals surface area contributed by atoms with Gasteiger partial charge in [-0.3, -0.25) is 9.69 Å². The number of aryl methyl sites for hydroxylation is 2. The Bertz CT molecular complexity index is 465. The SMILES string of the molecule is CCCc1nc(CN2CCC(C)CC2)sc1CCC(=O)O. The quantitative estimate of drug-likeness (QED) is 0.839. The largest absolute Gasteiger partial charge is 0.481 e. The monoisotopic (exact) mass is 310 g/mol. The van der Waals surface area contributed by atoms with Crippen LogP contribution in [0.4, 0.5) is 0 Å². The lowest BCUT2D eigenvalue weighted by atomic mass is 9.99. The van der Waals surface area contributed by atoms with Crippen molar-refractivity contribution >= 4 is 17.3 Å². The fourth-order valence-corrected chi connectivity index (χ4v) is 3.92. The molecule has 0 radical (unpaired) electrons. The van der Waals surface area contributed by atoms with Crippen LogP contribution in [0.1, 0.15) is 55.1 Å². The first-order valence-electron chi connectivity index (χ1n) is 8.00. The lowest BCUT2D eigenvalue weighted by Crippen LogP contribution is -2.32. The van der Waals surface area contributed by atoms with E-state index in [0.717, 1.165) is 49.1 Å². The summed E-state index contributed by atoms with van der Waals surface area (Å²) in [7, 11) is 0. The first-order valence-corrected chi connectivity index (χ1v) is 8.81. The molecule has 1 N–H and O–H groups in total. The van der Waals surface area contributed by atoms with E-state index in [4.69, 9.17) is 10.1 Å². The second-order valence-electron chi connectivity index (χ2n) is 6.08. The van der Waals surface area contributed by atoms with E-state index < -0.39 is 5.97 Å². The third kappa shape index (κ3) is 5.08. The topological polar surface area (TPSA) is 53.4 Å². The molecule has 0 amide bonds. The number of hydrogen-bond donors (Lipinski definition) is 1. The minimum absolute atomic E-state index is 0.208. The van der Waals surface area contributed by atoms with Crippen molar-refractivity contribution in [3.05, 3.63) is 15.6 Å². The van der Waals surface area contributed by atoms with Gasteiger partial charge in [-0.1, -0.05) is 20.3 Å². The molecule has 0 saturated carbocycles. The number of likely N-dealkylation sites (tertiary alicyclic amines) is 1. The predicted octanol–water partition coefficient (Wildman–Crippen LogP) is 3.34. The number of rotatable bonds is 7. The highest BCUT2D eigenvalue weighted by molar-refractivity contribution is 7.11. The van der Waals surface area contributed by atoms with E-state index >= 15 is 0 Å². The molecule has 1 aromatic heterocycles. The van der Waals surface area contributed by atoms with Gasteiger partial charge in [-0.25, -0.2) is 4.98 Å². The molecule has 4 nitrogen and oxygen atoms in total. The molecule has 0 aromatic carbocycles. The van der Waals surface area contributed by atoms with Gasteiger partial charge in [-0.05, 0) is 44.7 Å². The van der Waals surface area contributed by atoms with Crippen molar-refractivity contribution in [2.75, 3.05) is 13.1 Å². The molecule has 0 unspecified atom stereocenters. The van der Waals surface area contributed by atoms with Crippen LogP contribution >= 0.6 is 11.3 Å². The van der Waals surface area contributed by atoms with E-state index in [1.165, 1.54) is 17.7 Å². The number of hydrogen-bond acceptors (Lipinski definition) is 4. The zero-order valence-corrected chi connectivity index (χ0v) is 13.9. The van der Waals surface area contributed by atoms with Gasteiger partial charge in [-0.2, -0.15) is 0 Å². The minimum Gasteiger partial charge on any atom is -0.481 e. The number of carboxylic acids is 1. The van der Waals surface area contributed by atoms with Crippen molar-refractivity contribution in [2.24, 2.45) is 5.92 Å². The Hall–Kier alpha value is -0.940. The van der Waals surface area contributed by atoms with E-state index in [0.29, 0.717) is 6.42 Å². The van der Waals surface area contributed by atoms with E-state index in [1.54, 1.807) is 11.3 Å². The number of carbonyl (C=O) groups is 1. The molecule has 0 bridgehead atoms. The first kappa shape index (κ1) is 16.4. The van der Waals surface area contributed by atoms with Crippen molar-refractivity contribution in [1.82, 2.24) is 9.88 Å². The Morgan fingerprint density at radius 2 is 2.10 bits per heavy atom. The summed E-state index contributed by atoms with van der Waals surface area (Å²) >= 11 is 1.72.